The van der Waals surface area contributed by atoms with E-state index in [1.54, 1.807) is 38.1 Å². The maximum absolute atomic E-state index is 14.5. The molecule has 0 aromatic heterocycles. The van der Waals surface area contributed by atoms with Crippen molar-refractivity contribution in [3.63, 3.8) is 0 Å². The number of carbonyl (C=O) groups is 2. The number of rotatable bonds is 10. The Morgan fingerprint density at radius 3 is 2.61 bits per heavy atom. The van der Waals surface area contributed by atoms with E-state index in [2.05, 4.69) is 15.6 Å². The van der Waals surface area contributed by atoms with Gasteiger partial charge in [-0.2, -0.15) is 0 Å². The van der Waals surface area contributed by atoms with Crippen LogP contribution in [0.15, 0.2) is 47.5 Å². The van der Waals surface area contributed by atoms with Crippen molar-refractivity contribution in [2.24, 2.45) is 4.99 Å². The third-order valence-electron chi connectivity index (χ3n) is 5.10. The standard InChI is InChI=1S/C24H29ClFN5O5/c1-15(2)36-20-8-7-18(13-19(20)26)28-22-29-23(34)30(11-9-21(33)27-10-12-32)24(35)31(22)14-16-3-5-17(25)6-4-16/h3-8,13,15,24,32,35H,9-12,14H2,1-2H3,(H,27,33)(H,28,29,34). The number of halogens is 2. The Kier molecular flexibility index (Phi) is 9.45. The minimum Gasteiger partial charge on any atom is -0.488 e. The minimum atomic E-state index is -1.47. The molecule has 4 N–H and O–H groups in total. The van der Waals surface area contributed by atoms with Crippen molar-refractivity contribution in [2.45, 2.75) is 39.3 Å². The van der Waals surface area contributed by atoms with Gasteiger partial charge in [-0.05, 0) is 43.7 Å². The van der Waals surface area contributed by atoms with E-state index in [0.717, 1.165) is 10.5 Å². The van der Waals surface area contributed by atoms with Crippen LogP contribution >= 0.6 is 11.6 Å². The maximum atomic E-state index is 14.5. The molecule has 0 saturated carbocycles. The van der Waals surface area contributed by atoms with E-state index in [1.807, 2.05) is 0 Å². The summed E-state index contributed by atoms with van der Waals surface area (Å²) in [5.74, 6) is -0.925. The Morgan fingerprint density at radius 1 is 1.25 bits per heavy atom. The fraction of sp³-hybridized carbons (Fsp3) is 0.375. The first-order valence-electron chi connectivity index (χ1n) is 11.4. The highest BCUT2D eigenvalue weighted by Crippen LogP contribution is 2.25. The maximum Gasteiger partial charge on any atom is 0.327 e. The summed E-state index contributed by atoms with van der Waals surface area (Å²) < 4.78 is 19.9. The molecule has 0 bridgehead atoms. The highest BCUT2D eigenvalue weighted by molar-refractivity contribution is 6.30. The highest BCUT2D eigenvalue weighted by Gasteiger charge is 2.36. The lowest BCUT2D eigenvalue weighted by molar-refractivity contribution is -0.122. The van der Waals surface area contributed by atoms with Crippen LogP contribution in [0.5, 0.6) is 5.75 Å². The van der Waals surface area contributed by atoms with Crippen LogP contribution < -0.4 is 15.4 Å². The Balaban J connectivity index is 1.87. The topological polar surface area (TPSA) is 127 Å². The first-order chi connectivity index (χ1) is 17.2. The summed E-state index contributed by atoms with van der Waals surface area (Å²) >= 11 is 5.98. The van der Waals surface area contributed by atoms with Gasteiger partial charge >= 0.3 is 6.03 Å². The average Bonchev–Trinajstić information content (AvgIpc) is 2.82. The van der Waals surface area contributed by atoms with Crippen molar-refractivity contribution in [3.05, 3.63) is 58.9 Å². The number of amides is 3. The molecule has 1 aliphatic heterocycles. The number of carbonyl (C=O) groups excluding carboxylic acids is 2. The molecule has 1 atom stereocenters. The Labute approximate surface area is 213 Å². The number of urea groups is 1. The molecule has 10 nitrogen and oxygen atoms in total. The molecular weight excluding hydrogens is 493 g/mol. The summed E-state index contributed by atoms with van der Waals surface area (Å²) in [6.45, 7) is 3.47. The lowest BCUT2D eigenvalue weighted by Crippen LogP contribution is -2.65. The van der Waals surface area contributed by atoms with Gasteiger partial charge in [0, 0.05) is 30.6 Å². The minimum absolute atomic E-state index is 0.000333. The Bertz CT molecular complexity index is 1100. The van der Waals surface area contributed by atoms with Crippen LogP contribution in [0.4, 0.5) is 14.9 Å². The highest BCUT2D eigenvalue weighted by atomic mass is 35.5. The molecule has 12 heteroatoms. The van der Waals surface area contributed by atoms with Gasteiger partial charge in [-0.1, -0.05) is 23.7 Å². The third kappa shape index (κ3) is 7.30. The molecule has 3 amide bonds. The Morgan fingerprint density at radius 2 is 1.97 bits per heavy atom. The van der Waals surface area contributed by atoms with Gasteiger partial charge in [-0.3, -0.25) is 19.9 Å². The summed E-state index contributed by atoms with van der Waals surface area (Å²) in [6, 6.07) is 10.4. The van der Waals surface area contributed by atoms with Crippen molar-refractivity contribution in [2.75, 3.05) is 19.7 Å². The van der Waals surface area contributed by atoms with Gasteiger partial charge in [0.05, 0.1) is 24.9 Å². The number of ether oxygens (including phenoxy) is 1. The number of aliphatic hydroxyl groups excluding tert-OH is 2. The number of hydrogen-bond donors (Lipinski definition) is 4. The molecule has 3 rings (SSSR count). The lowest BCUT2D eigenvalue weighted by Gasteiger charge is -2.42. The average molecular weight is 522 g/mol. The monoisotopic (exact) mass is 521 g/mol. The largest absolute Gasteiger partial charge is 0.488 e. The number of aliphatic imine (C=N–C) groups is 1. The van der Waals surface area contributed by atoms with Crippen molar-refractivity contribution in [1.82, 2.24) is 20.4 Å². The van der Waals surface area contributed by atoms with E-state index >= 15 is 0 Å². The summed E-state index contributed by atoms with van der Waals surface area (Å²) in [5.41, 5.74) is 0.957. The number of nitrogens with one attached hydrogen (secondary N) is 2. The van der Waals surface area contributed by atoms with E-state index in [4.69, 9.17) is 21.4 Å². The second kappa shape index (κ2) is 12.5. The van der Waals surface area contributed by atoms with E-state index < -0.39 is 18.2 Å². The van der Waals surface area contributed by atoms with Crippen LogP contribution in [-0.4, -0.2) is 70.1 Å². The van der Waals surface area contributed by atoms with Crippen molar-refractivity contribution in [3.8, 4) is 5.75 Å². The molecular formula is C24H29ClFN5O5. The van der Waals surface area contributed by atoms with Crippen LogP contribution in [0.2, 0.25) is 5.02 Å². The van der Waals surface area contributed by atoms with Crippen molar-refractivity contribution < 1.29 is 28.9 Å². The third-order valence-corrected chi connectivity index (χ3v) is 5.35. The van der Waals surface area contributed by atoms with Crippen LogP contribution in [0.1, 0.15) is 25.8 Å². The quantitative estimate of drug-likeness (QED) is 0.380. The van der Waals surface area contributed by atoms with Crippen molar-refractivity contribution in [1.29, 1.82) is 0 Å². The Hall–Kier alpha value is -3.41. The number of hydrogen-bond acceptors (Lipinski definition) is 6. The molecule has 1 saturated heterocycles. The second-order valence-corrected chi connectivity index (χ2v) is 8.70. The number of aliphatic hydroxyl groups is 2. The normalized spacial score (nSPS) is 16.9. The molecule has 0 radical (unpaired) electrons. The zero-order valence-corrected chi connectivity index (χ0v) is 20.7. The first-order valence-corrected chi connectivity index (χ1v) is 11.7. The fourth-order valence-electron chi connectivity index (χ4n) is 3.41. The van der Waals surface area contributed by atoms with Crippen LogP contribution in [0.3, 0.4) is 0 Å². The van der Waals surface area contributed by atoms with Crippen molar-refractivity contribution >= 4 is 35.2 Å². The molecule has 0 aliphatic carbocycles. The van der Waals surface area contributed by atoms with Crippen LogP contribution in [0.25, 0.3) is 0 Å². The van der Waals surface area contributed by atoms with Gasteiger partial charge in [0.2, 0.25) is 18.2 Å². The molecule has 2 aromatic carbocycles. The van der Waals surface area contributed by atoms with Crippen LogP contribution in [0, 0.1) is 5.82 Å². The number of guanidine groups is 1. The summed E-state index contributed by atoms with van der Waals surface area (Å²) in [5, 5.41) is 25.6. The molecule has 194 valence electrons. The molecule has 1 fully saturated rings. The van der Waals surface area contributed by atoms with Gasteiger partial charge < -0.3 is 20.3 Å². The molecule has 0 spiro atoms. The molecule has 1 aliphatic rings. The second-order valence-electron chi connectivity index (χ2n) is 8.26. The molecule has 1 unspecified atom stereocenters. The molecule has 2 aromatic rings. The van der Waals surface area contributed by atoms with Gasteiger partial charge in [0.15, 0.2) is 11.6 Å². The molecule has 1 heterocycles. The predicted molar refractivity (Wildman–Crippen MR) is 132 cm³/mol. The number of benzene rings is 2. The lowest BCUT2D eigenvalue weighted by atomic mass is 10.2. The van der Waals surface area contributed by atoms with E-state index in [1.165, 1.54) is 23.1 Å². The van der Waals surface area contributed by atoms with E-state index in [9.17, 15) is 19.1 Å². The zero-order valence-electron chi connectivity index (χ0n) is 19.9. The van der Waals surface area contributed by atoms with Gasteiger partial charge in [-0.25, -0.2) is 14.2 Å². The van der Waals surface area contributed by atoms with Crippen LogP contribution in [-0.2, 0) is 11.3 Å². The zero-order chi connectivity index (χ0) is 26.2. The fourth-order valence-corrected chi connectivity index (χ4v) is 3.54. The first kappa shape index (κ1) is 27.2. The summed E-state index contributed by atoms with van der Waals surface area (Å²) in [7, 11) is 0. The van der Waals surface area contributed by atoms with Gasteiger partial charge in [-0.15, -0.1) is 0 Å². The van der Waals surface area contributed by atoms with Gasteiger partial charge in [0.1, 0.15) is 0 Å². The van der Waals surface area contributed by atoms with E-state index in [-0.39, 0.29) is 62.1 Å². The van der Waals surface area contributed by atoms with E-state index in [0.29, 0.717) is 5.02 Å². The summed E-state index contributed by atoms with van der Waals surface area (Å²) in [4.78, 5) is 31.6. The van der Waals surface area contributed by atoms with Gasteiger partial charge in [0.25, 0.3) is 0 Å². The number of nitrogens with zero attached hydrogens (tertiary/aromatic N) is 3. The summed E-state index contributed by atoms with van der Waals surface area (Å²) in [6.07, 6.45) is -1.77. The predicted octanol–water partition coefficient (Wildman–Crippen LogP) is 2.56. The smallest absolute Gasteiger partial charge is 0.327 e. The SMILES string of the molecule is CC(C)Oc1ccc(N=C2NC(=O)N(CCC(=O)NCCO)C(O)N2Cc2ccc(Cl)cc2)cc1F. The molecule has 36 heavy (non-hydrogen) atoms.